The molecular formula is C20H30F3IN6O. The zero-order valence-corrected chi connectivity index (χ0v) is 19.9. The number of alkyl halides is 3. The molecule has 2 aliphatic rings. The maximum atomic E-state index is 12.6. The third-order valence-corrected chi connectivity index (χ3v) is 5.12. The standard InChI is InChI=1S/C20H29F3N6O.HI/c1-2-24-19(27-16-7-9-28(12-16)14-20(21,22)23)26-11-15-3-5-17(6-4-15)29-10-8-25-18(30)13-29;/h3-6,16H,2,7-14H2,1H3,(H,25,30)(H2,24,26,27);1H. The lowest BCUT2D eigenvalue weighted by atomic mass is 10.2. The van der Waals surface area contributed by atoms with E-state index in [1.165, 1.54) is 4.90 Å². The number of rotatable bonds is 6. The highest BCUT2D eigenvalue weighted by molar-refractivity contribution is 14.0. The minimum absolute atomic E-state index is 0. The average Bonchev–Trinajstić information content (AvgIpc) is 3.11. The molecule has 3 N–H and O–H groups in total. The lowest BCUT2D eigenvalue weighted by Gasteiger charge is -2.28. The number of piperazine rings is 1. The molecule has 174 valence electrons. The molecule has 0 aliphatic carbocycles. The van der Waals surface area contributed by atoms with Gasteiger partial charge in [0.2, 0.25) is 5.91 Å². The molecule has 1 atom stereocenters. The Morgan fingerprint density at radius 2 is 2.00 bits per heavy atom. The van der Waals surface area contributed by atoms with Crippen LogP contribution in [0.4, 0.5) is 18.9 Å². The Kier molecular flexibility index (Phi) is 9.66. The molecule has 31 heavy (non-hydrogen) atoms. The number of likely N-dealkylation sites (tertiary alicyclic amines) is 1. The van der Waals surface area contributed by atoms with Crippen molar-refractivity contribution in [1.29, 1.82) is 0 Å². The van der Waals surface area contributed by atoms with Gasteiger partial charge in [-0.15, -0.1) is 24.0 Å². The van der Waals surface area contributed by atoms with Crippen molar-refractivity contribution >= 4 is 41.5 Å². The van der Waals surface area contributed by atoms with Gasteiger partial charge in [0, 0.05) is 44.5 Å². The minimum Gasteiger partial charge on any atom is -0.360 e. The van der Waals surface area contributed by atoms with Gasteiger partial charge in [-0.2, -0.15) is 13.2 Å². The lowest BCUT2D eigenvalue weighted by Crippen LogP contribution is -2.47. The van der Waals surface area contributed by atoms with Crippen LogP contribution < -0.4 is 20.9 Å². The van der Waals surface area contributed by atoms with Crippen LogP contribution in [-0.2, 0) is 11.3 Å². The Labute approximate surface area is 197 Å². The number of hydrogen-bond donors (Lipinski definition) is 3. The van der Waals surface area contributed by atoms with E-state index in [-0.39, 0.29) is 35.9 Å². The molecule has 1 aromatic carbocycles. The number of aliphatic imine (C=N–C) groups is 1. The molecule has 0 bridgehead atoms. The molecule has 2 heterocycles. The van der Waals surface area contributed by atoms with E-state index >= 15 is 0 Å². The highest BCUT2D eigenvalue weighted by atomic mass is 127. The molecular weight excluding hydrogens is 524 g/mol. The van der Waals surface area contributed by atoms with Crippen molar-refractivity contribution in [3.8, 4) is 0 Å². The van der Waals surface area contributed by atoms with Gasteiger partial charge in [0.15, 0.2) is 5.96 Å². The second kappa shape index (κ2) is 11.7. The first-order valence-corrected chi connectivity index (χ1v) is 10.3. The normalized spacial score (nSPS) is 20.3. The summed E-state index contributed by atoms with van der Waals surface area (Å²) in [6.45, 7) is 4.76. The van der Waals surface area contributed by atoms with Crippen molar-refractivity contribution in [2.24, 2.45) is 4.99 Å². The predicted molar refractivity (Wildman–Crippen MR) is 126 cm³/mol. The van der Waals surface area contributed by atoms with E-state index in [9.17, 15) is 18.0 Å². The van der Waals surface area contributed by atoms with Gasteiger partial charge < -0.3 is 20.9 Å². The van der Waals surface area contributed by atoms with Gasteiger partial charge in [0.1, 0.15) is 0 Å². The van der Waals surface area contributed by atoms with E-state index < -0.39 is 12.7 Å². The summed E-state index contributed by atoms with van der Waals surface area (Å²) in [5.74, 6) is 0.630. The highest BCUT2D eigenvalue weighted by Crippen LogP contribution is 2.20. The Bertz CT molecular complexity index is 743. The van der Waals surface area contributed by atoms with E-state index in [4.69, 9.17) is 0 Å². The first-order chi connectivity index (χ1) is 14.3. The summed E-state index contributed by atoms with van der Waals surface area (Å²) in [5.41, 5.74) is 2.01. The van der Waals surface area contributed by atoms with Crippen LogP contribution in [0, 0.1) is 0 Å². The number of carbonyl (C=O) groups is 1. The van der Waals surface area contributed by atoms with Crippen LogP contribution in [-0.4, -0.2) is 74.8 Å². The Morgan fingerprint density at radius 1 is 1.26 bits per heavy atom. The second-order valence-electron chi connectivity index (χ2n) is 7.61. The molecule has 7 nitrogen and oxygen atoms in total. The van der Waals surface area contributed by atoms with Crippen LogP contribution >= 0.6 is 24.0 Å². The summed E-state index contributed by atoms with van der Waals surface area (Å²) < 4.78 is 37.7. The largest absolute Gasteiger partial charge is 0.401 e. The van der Waals surface area contributed by atoms with E-state index in [1.807, 2.05) is 36.1 Å². The molecule has 0 spiro atoms. The third-order valence-electron chi connectivity index (χ3n) is 5.12. The summed E-state index contributed by atoms with van der Waals surface area (Å²) in [4.78, 5) is 19.6. The first-order valence-electron chi connectivity index (χ1n) is 10.3. The number of carbonyl (C=O) groups excluding carboxylic acids is 1. The molecule has 0 saturated carbocycles. The Hall–Kier alpha value is -1.76. The van der Waals surface area contributed by atoms with Gasteiger partial charge in [-0.1, -0.05) is 12.1 Å². The summed E-state index contributed by atoms with van der Waals surface area (Å²) in [6.07, 6.45) is -3.52. The number of anilines is 1. The molecule has 2 aliphatic heterocycles. The number of hydrogen-bond acceptors (Lipinski definition) is 4. The quantitative estimate of drug-likeness (QED) is 0.285. The zero-order chi connectivity index (χ0) is 21.6. The fourth-order valence-corrected chi connectivity index (χ4v) is 3.70. The fraction of sp³-hybridized carbons (Fsp3) is 0.600. The number of nitrogens with one attached hydrogen (secondary N) is 3. The van der Waals surface area contributed by atoms with Crippen LogP contribution in [0.25, 0.3) is 0 Å². The maximum Gasteiger partial charge on any atom is 0.401 e. The molecule has 2 fully saturated rings. The summed E-state index contributed by atoms with van der Waals surface area (Å²) in [6, 6.07) is 7.87. The topological polar surface area (TPSA) is 72.0 Å². The van der Waals surface area contributed by atoms with E-state index in [1.54, 1.807) is 0 Å². The summed E-state index contributed by atoms with van der Waals surface area (Å²) >= 11 is 0. The minimum atomic E-state index is -4.17. The third kappa shape index (κ3) is 8.36. The molecule has 3 rings (SSSR count). The summed E-state index contributed by atoms with van der Waals surface area (Å²) in [7, 11) is 0. The number of amides is 1. The number of halogens is 4. The number of guanidine groups is 1. The number of benzene rings is 1. The zero-order valence-electron chi connectivity index (χ0n) is 17.5. The Morgan fingerprint density at radius 3 is 2.65 bits per heavy atom. The van der Waals surface area contributed by atoms with Crippen LogP contribution in [0.3, 0.4) is 0 Å². The van der Waals surface area contributed by atoms with Gasteiger partial charge >= 0.3 is 6.18 Å². The molecule has 1 aromatic rings. The second-order valence-corrected chi connectivity index (χ2v) is 7.61. The van der Waals surface area contributed by atoms with Crippen LogP contribution in [0.2, 0.25) is 0 Å². The average molecular weight is 554 g/mol. The van der Waals surface area contributed by atoms with Crippen molar-refractivity contribution in [3.05, 3.63) is 29.8 Å². The maximum absolute atomic E-state index is 12.6. The van der Waals surface area contributed by atoms with Gasteiger partial charge in [0.25, 0.3) is 0 Å². The SMILES string of the molecule is CCNC(=NCc1ccc(N2CCNC(=O)C2)cc1)NC1CCN(CC(F)(F)F)C1.I. The molecule has 11 heteroatoms. The van der Waals surface area contributed by atoms with Crippen molar-refractivity contribution in [2.45, 2.75) is 32.1 Å². The monoisotopic (exact) mass is 554 g/mol. The molecule has 1 amide bonds. The van der Waals surface area contributed by atoms with Gasteiger partial charge in [-0.05, 0) is 31.0 Å². The predicted octanol–water partition coefficient (Wildman–Crippen LogP) is 1.93. The van der Waals surface area contributed by atoms with Crippen molar-refractivity contribution < 1.29 is 18.0 Å². The Balaban J connectivity index is 0.00000341. The molecule has 0 radical (unpaired) electrons. The fourth-order valence-electron chi connectivity index (χ4n) is 3.70. The van der Waals surface area contributed by atoms with E-state index in [0.717, 1.165) is 17.8 Å². The van der Waals surface area contributed by atoms with Gasteiger partial charge in [-0.25, -0.2) is 4.99 Å². The number of nitrogens with zero attached hydrogens (tertiary/aromatic N) is 3. The van der Waals surface area contributed by atoms with Crippen LogP contribution in [0.5, 0.6) is 0 Å². The van der Waals surface area contributed by atoms with Crippen molar-refractivity contribution in [1.82, 2.24) is 20.9 Å². The van der Waals surface area contributed by atoms with E-state index in [0.29, 0.717) is 51.6 Å². The molecule has 2 saturated heterocycles. The van der Waals surface area contributed by atoms with Gasteiger partial charge in [0.05, 0.1) is 19.6 Å². The van der Waals surface area contributed by atoms with Crippen LogP contribution in [0.15, 0.2) is 29.3 Å². The van der Waals surface area contributed by atoms with Crippen molar-refractivity contribution in [3.63, 3.8) is 0 Å². The molecule has 1 unspecified atom stereocenters. The smallest absolute Gasteiger partial charge is 0.360 e. The van der Waals surface area contributed by atoms with Crippen LogP contribution in [0.1, 0.15) is 18.9 Å². The van der Waals surface area contributed by atoms with Crippen molar-refractivity contribution in [2.75, 3.05) is 50.7 Å². The lowest BCUT2D eigenvalue weighted by molar-refractivity contribution is -0.143. The summed E-state index contributed by atoms with van der Waals surface area (Å²) in [5, 5.41) is 9.21. The molecule has 0 aromatic heterocycles. The first kappa shape index (κ1) is 25.5. The van der Waals surface area contributed by atoms with E-state index in [2.05, 4.69) is 20.9 Å². The van der Waals surface area contributed by atoms with Gasteiger partial charge in [-0.3, -0.25) is 9.69 Å². The highest BCUT2D eigenvalue weighted by Gasteiger charge is 2.34.